The molecule has 0 radical (unpaired) electrons. The second-order valence-corrected chi connectivity index (χ2v) is 4.85. The molecule has 106 valence electrons. The predicted octanol–water partition coefficient (Wildman–Crippen LogP) is 1.94. The third kappa shape index (κ3) is 2.82. The van der Waals surface area contributed by atoms with Crippen molar-refractivity contribution in [3.8, 4) is 11.5 Å². The first-order valence-corrected chi connectivity index (χ1v) is 6.70. The van der Waals surface area contributed by atoms with E-state index in [0.717, 1.165) is 5.56 Å². The van der Waals surface area contributed by atoms with Crippen LogP contribution in [0.15, 0.2) is 42.6 Å². The van der Waals surface area contributed by atoms with E-state index in [-0.39, 0.29) is 22.8 Å². The molecule has 6 heteroatoms. The molecular weight excluding hydrogens is 278 g/mol. The largest absolute Gasteiger partial charge is 0.621 e. The molecular formula is C14H15NO4S. The number of quaternary nitrogens is 1. The van der Waals surface area contributed by atoms with Gasteiger partial charge >= 0.3 is 0 Å². The maximum absolute atomic E-state index is 12.7. The highest BCUT2D eigenvalue weighted by Crippen LogP contribution is 2.29. The van der Waals surface area contributed by atoms with Gasteiger partial charge in [-0.05, 0) is 24.3 Å². The Morgan fingerprint density at radius 1 is 1.20 bits per heavy atom. The summed E-state index contributed by atoms with van der Waals surface area (Å²) in [7, 11) is 3.09. The van der Waals surface area contributed by atoms with Crippen LogP contribution in [0.2, 0.25) is 0 Å². The molecule has 0 amide bonds. The number of hydroxylamine groups is 3. The van der Waals surface area contributed by atoms with Crippen molar-refractivity contribution in [1.82, 2.24) is 0 Å². The summed E-state index contributed by atoms with van der Waals surface area (Å²) in [6.07, 6.45) is 6.33. The fourth-order valence-electron chi connectivity index (χ4n) is 2.00. The second-order valence-electron chi connectivity index (χ2n) is 4.27. The molecule has 0 saturated carbocycles. The predicted molar refractivity (Wildman–Crippen MR) is 78.3 cm³/mol. The smallest absolute Gasteiger partial charge is 0.231 e. The Kier molecular flexibility index (Phi) is 4.39. The van der Waals surface area contributed by atoms with Gasteiger partial charge in [0.1, 0.15) is 12.7 Å². The summed E-state index contributed by atoms with van der Waals surface area (Å²) in [5, 5.41) is 12.7. The maximum atomic E-state index is 12.7. The normalized spacial score (nSPS) is 20.9. The number of nitrogens with zero attached hydrogens (tertiary/aromatic N) is 1. The van der Waals surface area contributed by atoms with Crippen molar-refractivity contribution in [2.45, 2.75) is 6.54 Å². The van der Waals surface area contributed by atoms with Crippen molar-refractivity contribution < 1.29 is 18.3 Å². The molecule has 0 N–H and O–H groups in total. The van der Waals surface area contributed by atoms with E-state index in [4.69, 9.17) is 9.47 Å². The molecule has 0 aromatic heterocycles. The first-order chi connectivity index (χ1) is 9.62. The fraction of sp³-hybridized carbons (Fsp3) is 0.214. The number of ether oxygens (including phenoxy) is 2. The highest BCUT2D eigenvalue weighted by Gasteiger charge is 2.23. The van der Waals surface area contributed by atoms with E-state index in [1.165, 1.54) is 13.3 Å². The van der Waals surface area contributed by atoms with Gasteiger partial charge in [-0.2, -0.15) is 0 Å². The van der Waals surface area contributed by atoms with Crippen molar-refractivity contribution >= 4 is 16.2 Å². The topological polar surface area (TPSA) is 58.6 Å². The van der Waals surface area contributed by atoms with Crippen molar-refractivity contribution in [2.24, 2.45) is 0 Å². The molecule has 0 fully saturated rings. The summed E-state index contributed by atoms with van der Waals surface area (Å²) in [6, 6.07) is 5.28. The molecule has 1 atom stereocenters. The van der Waals surface area contributed by atoms with Gasteiger partial charge < -0.3 is 14.7 Å². The Labute approximate surface area is 121 Å². The molecule has 2 rings (SSSR count). The molecule has 1 heterocycles. The Morgan fingerprint density at radius 3 is 2.60 bits per heavy atom. The van der Waals surface area contributed by atoms with Crippen LogP contribution in [0.4, 0.5) is 0 Å². The Hall–Kier alpha value is -1.89. The number of rotatable bonds is 4. The van der Waals surface area contributed by atoms with Crippen LogP contribution >= 0.6 is 0 Å². The quantitative estimate of drug-likeness (QED) is 0.483. The molecule has 1 unspecified atom stereocenters. The van der Waals surface area contributed by atoms with Gasteiger partial charge in [0.25, 0.3) is 0 Å². The van der Waals surface area contributed by atoms with Crippen LogP contribution in [0.1, 0.15) is 5.56 Å². The summed E-state index contributed by atoms with van der Waals surface area (Å²) in [5.74, 6) is 1.16. The van der Waals surface area contributed by atoms with Crippen LogP contribution in [-0.4, -0.2) is 28.1 Å². The molecule has 20 heavy (non-hydrogen) atoms. The minimum Gasteiger partial charge on any atom is -0.621 e. The molecule has 0 spiro atoms. The third-order valence-electron chi connectivity index (χ3n) is 3.00. The SMILES string of the molecule is COc1ccc(C[N+]2([O-])C=CC=CC2=S=O)cc1OC. The highest BCUT2D eigenvalue weighted by atomic mass is 32.1. The molecule has 1 aromatic rings. The minimum absolute atomic E-state index is 0.131. The van der Waals surface area contributed by atoms with Gasteiger partial charge in [-0.1, -0.05) is 6.08 Å². The van der Waals surface area contributed by atoms with E-state index in [1.807, 2.05) is 0 Å². The highest BCUT2D eigenvalue weighted by molar-refractivity contribution is 7.66. The summed E-state index contributed by atoms with van der Waals surface area (Å²) >= 11 is 0.222. The summed E-state index contributed by atoms with van der Waals surface area (Å²) in [4.78, 5) is 0.210. The van der Waals surface area contributed by atoms with Crippen molar-refractivity contribution in [3.63, 3.8) is 0 Å². The summed E-state index contributed by atoms with van der Waals surface area (Å²) in [5.41, 5.74) is 0.768. The number of hydrogen-bond acceptors (Lipinski definition) is 4. The van der Waals surface area contributed by atoms with Crippen molar-refractivity contribution in [1.29, 1.82) is 0 Å². The van der Waals surface area contributed by atoms with Gasteiger partial charge in [0.15, 0.2) is 22.8 Å². The summed E-state index contributed by atoms with van der Waals surface area (Å²) in [6.45, 7) is 0.131. The van der Waals surface area contributed by atoms with Crippen LogP contribution in [0.5, 0.6) is 11.5 Å². The molecule has 1 aliphatic heterocycles. The van der Waals surface area contributed by atoms with Crippen molar-refractivity contribution in [2.75, 3.05) is 14.2 Å². The van der Waals surface area contributed by atoms with Crippen LogP contribution < -0.4 is 9.47 Å². The first-order valence-electron chi connectivity index (χ1n) is 5.96. The van der Waals surface area contributed by atoms with Gasteiger partial charge in [0, 0.05) is 11.6 Å². The Balaban J connectivity index is 2.32. The van der Waals surface area contributed by atoms with Crippen LogP contribution in [0, 0.1) is 5.21 Å². The first kappa shape index (κ1) is 14.5. The van der Waals surface area contributed by atoms with E-state index < -0.39 is 4.65 Å². The zero-order valence-electron chi connectivity index (χ0n) is 11.2. The standard InChI is InChI=1S/C14H15NO4S/c1-18-12-7-6-11(9-13(12)19-2)10-15(16)8-4-3-5-14(15)20-17/h3-9H,10H2,1-2H3. The van der Waals surface area contributed by atoms with Crippen molar-refractivity contribution in [3.05, 3.63) is 53.4 Å². The Morgan fingerprint density at radius 2 is 1.95 bits per heavy atom. The van der Waals surface area contributed by atoms with E-state index in [2.05, 4.69) is 0 Å². The lowest BCUT2D eigenvalue weighted by molar-refractivity contribution is -0.744. The third-order valence-corrected chi connectivity index (χ3v) is 3.62. The minimum atomic E-state index is -0.792. The lowest BCUT2D eigenvalue weighted by atomic mass is 10.1. The number of allylic oxidation sites excluding steroid dienone is 2. The van der Waals surface area contributed by atoms with Gasteiger partial charge in [-0.15, -0.1) is 0 Å². The zero-order valence-corrected chi connectivity index (χ0v) is 12.1. The molecule has 1 aliphatic rings. The molecule has 0 aliphatic carbocycles. The number of benzene rings is 1. The maximum Gasteiger partial charge on any atom is 0.231 e. The fourth-order valence-corrected chi connectivity index (χ4v) is 2.38. The molecule has 1 aromatic carbocycles. The lowest BCUT2D eigenvalue weighted by Crippen LogP contribution is -2.41. The second kappa shape index (κ2) is 6.04. The monoisotopic (exact) mass is 293 g/mol. The molecule has 0 saturated heterocycles. The summed E-state index contributed by atoms with van der Waals surface area (Å²) < 4.78 is 20.6. The van der Waals surface area contributed by atoms with Gasteiger partial charge in [0.2, 0.25) is 4.99 Å². The van der Waals surface area contributed by atoms with Gasteiger partial charge in [-0.3, -0.25) is 4.65 Å². The average molecular weight is 293 g/mol. The van der Waals surface area contributed by atoms with E-state index >= 15 is 0 Å². The van der Waals surface area contributed by atoms with E-state index in [0.29, 0.717) is 11.5 Å². The van der Waals surface area contributed by atoms with E-state index in [1.54, 1.807) is 43.5 Å². The number of methoxy groups -OCH3 is 2. The molecule has 5 nitrogen and oxygen atoms in total. The average Bonchev–Trinajstić information content (AvgIpc) is 2.47. The van der Waals surface area contributed by atoms with E-state index in [9.17, 15) is 9.42 Å². The van der Waals surface area contributed by atoms with Gasteiger partial charge in [-0.25, -0.2) is 4.21 Å². The zero-order chi connectivity index (χ0) is 14.6. The lowest BCUT2D eigenvalue weighted by Gasteiger charge is -2.38. The van der Waals surface area contributed by atoms with Crippen LogP contribution in [0.25, 0.3) is 0 Å². The number of hydrogen-bond donors (Lipinski definition) is 0. The van der Waals surface area contributed by atoms with Crippen LogP contribution in [-0.2, 0) is 17.8 Å². The molecule has 0 bridgehead atoms. The van der Waals surface area contributed by atoms with Gasteiger partial charge in [0.05, 0.1) is 14.2 Å². The van der Waals surface area contributed by atoms with Crippen LogP contribution in [0.3, 0.4) is 0 Å². The Bertz CT molecular complexity index is 620.